The van der Waals surface area contributed by atoms with Crippen LogP contribution in [0.3, 0.4) is 0 Å². The van der Waals surface area contributed by atoms with Gasteiger partial charge in [-0.25, -0.2) is 0 Å². The molecule has 0 bridgehead atoms. The summed E-state index contributed by atoms with van der Waals surface area (Å²) < 4.78 is 49.5. The Morgan fingerprint density at radius 2 is 1.62 bits per heavy atom. The van der Waals surface area contributed by atoms with Crippen LogP contribution >= 0.6 is 0 Å². The van der Waals surface area contributed by atoms with E-state index in [1.165, 1.54) is 12.1 Å². The lowest BCUT2D eigenvalue weighted by Crippen LogP contribution is -2.14. The quantitative estimate of drug-likeness (QED) is 0.803. The van der Waals surface area contributed by atoms with Crippen molar-refractivity contribution < 1.29 is 22.6 Å². The average molecular weight is 339 g/mol. The van der Waals surface area contributed by atoms with Gasteiger partial charge in [0.15, 0.2) is 11.5 Å². The summed E-state index contributed by atoms with van der Waals surface area (Å²) in [7, 11) is 0. The fraction of sp³-hybridized carbons (Fsp3) is 0.333. The lowest BCUT2D eigenvalue weighted by Gasteiger charge is -2.21. The van der Waals surface area contributed by atoms with Crippen LogP contribution in [0.5, 0.6) is 11.5 Å². The van der Waals surface area contributed by atoms with E-state index in [9.17, 15) is 13.2 Å². The van der Waals surface area contributed by atoms with Crippen LogP contribution in [0.2, 0.25) is 0 Å². The lowest BCUT2D eigenvalue weighted by atomic mass is 10.0. The van der Waals surface area contributed by atoms with Crippen LogP contribution in [0.1, 0.15) is 30.6 Å². The van der Waals surface area contributed by atoms with Crippen molar-refractivity contribution in [2.75, 3.05) is 13.2 Å². The molecule has 1 unspecified atom stereocenters. The fourth-order valence-corrected chi connectivity index (χ4v) is 2.31. The topological polar surface area (TPSA) is 44.5 Å². The normalized spacial score (nSPS) is 12.7. The van der Waals surface area contributed by atoms with E-state index in [-0.39, 0.29) is 0 Å². The summed E-state index contributed by atoms with van der Waals surface area (Å²) >= 11 is 0. The Morgan fingerprint density at radius 3 is 2.17 bits per heavy atom. The third kappa shape index (κ3) is 4.64. The number of ether oxygens (including phenoxy) is 2. The summed E-state index contributed by atoms with van der Waals surface area (Å²) in [5.41, 5.74) is 5.58. The lowest BCUT2D eigenvalue weighted by molar-refractivity contribution is -0.137. The van der Waals surface area contributed by atoms with E-state index in [2.05, 4.69) is 0 Å². The summed E-state index contributed by atoms with van der Waals surface area (Å²) in [6.45, 7) is 2.70. The Labute approximate surface area is 139 Å². The van der Waals surface area contributed by atoms with Gasteiger partial charge in [0.1, 0.15) is 6.10 Å². The molecule has 6 heteroatoms. The van der Waals surface area contributed by atoms with Gasteiger partial charge in [-0.3, -0.25) is 0 Å². The van der Waals surface area contributed by atoms with E-state index in [0.29, 0.717) is 36.6 Å². The molecule has 0 fully saturated rings. The van der Waals surface area contributed by atoms with Crippen LogP contribution in [0.25, 0.3) is 0 Å². The molecule has 0 spiro atoms. The van der Waals surface area contributed by atoms with Gasteiger partial charge in [0.25, 0.3) is 0 Å². The fourth-order valence-electron chi connectivity index (χ4n) is 2.31. The molecule has 0 radical (unpaired) electrons. The second kappa shape index (κ2) is 8.06. The standard InChI is InChI=1S/C18H20F3NO2/c1-2-23-16-5-3-4-6-17(16)24-15(11-12-22)13-7-9-14(10-8-13)18(19,20)21/h3-10,15H,2,11-12,22H2,1H3. The molecule has 0 heterocycles. The van der Waals surface area contributed by atoms with Crippen molar-refractivity contribution in [2.24, 2.45) is 5.73 Å². The molecule has 0 aliphatic heterocycles. The first-order valence-corrected chi connectivity index (χ1v) is 7.71. The molecule has 1 atom stereocenters. The maximum absolute atomic E-state index is 12.7. The minimum atomic E-state index is -4.36. The van der Waals surface area contributed by atoms with Crippen molar-refractivity contribution in [1.29, 1.82) is 0 Å². The molecule has 3 nitrogen and oxygen atoms in total. The highest BCUT2D eigenvalue weighted by Gasteiger charge is 2.30. The van der Waals surface area contributed by atoms with Gasteiger partial charge in [0.2, 0.25) is 0 Å². The monoisotopic (exact) mass is 339 g/mol. The molecule has 0 aliphatic rings. The molecule has 2 aromatic carbocycles. The molecule has 0 saturated carbocycles. The number of halogens is 3. The van der Waals surface area contributed by atoms with Crippen molar-refractivity contribution in [3.63, 3.8) is 0 Å². The number of hydrogen-bond donors (Lipinski definition) is 1. The highest BCUT2D eigenvalue weighted by Crippen LogP contribution is 2.34. The summed E-state index contributed by atoms with van der Waals surface area (Å²) in [6.07, 6.45) is -4.32. The number of nitrogens with two attached hydrogens (primary N) is 1. The highest BCUT2D eigenvalue weighted by molar-refractivity contribution is 5.40. The zero-order valence-corrected chi connectivity index (χ0v) is 13.3. The van der Waals surface area contributed by atoms with Crippen molar-refractivity contribution in [1.82, 2.24) is 0 Å². The Morgan fingerprint density at radius 1 is 1.00 bits per heavy atom. The highest BCUT2D eigenvalue weighted by atomic mass is 19.4. The average Bonchev–Trinajstić information content (AvgIpc) is 2.56. The van der Waals surface area contributed by atoms with Gasteiger partial charge >= 0.3 is 6.18 Å². The molecule has 24 heavy (non-hydrogen) atoms. The third-order valence-corrected chi connectivity index (χ3v) is 3.46. The zero-order chi connectivity index (χ0) is 17.6. The van der Waals surface area contributed by atoms with Crippen LogP contribution in [0.15, 0.2) is 48.5 Å². The molecule has 0 aliphatic carbocycles. The van der Waals surface area contributed by atoms with E-state index in [1.54, 1.807) is 12.1 Å². The molecule has 130 valence electrons. The van der Waals surface area contributed by atoms with Gasteiger partial charge in [-0.1, -0.05) is 24.3 Å². The van der Waals surface area contributed by atoms with E-state index in [0.717, 1.165) is 12.1 Å². The van der Waals surface area contributed by atoms with Crippen LogP contribution in [0, 0.1) is 0 Å². The van der Waals surface area contributed by atoms with E-state index in [4.69, 9.17) is 15.2 Å². The third-order valence-electron chi connectivity index (χ3n) is 3.46. The smallest absolute Gasteiger partial charge is 0.416 e. The number of hydrogen-bond acceptors (Lipinski definition) is 3. The molecule has 0 aromatic heterocycles. The Balaban J connectivity index is 2.24. The molecular formula is C18H20F3NO2. The van der Waals surface area contributed by atoms with Crippen molar-refractivity contribution >= 4 is 0 Å². The van der Waals surface area contributed by atoms with Gasteiger partial charge in [-0.2, -0.15) is 13.2 Å². The van der Waals surface area contributed by atoms with Gasteiger partial charge in [0.05, 0.1) is 12.2 Å². The van der Waals surface area contributed by atoms with E-state index < -0.39 is 17.8 Å². The first-order valence-electron chi connectivity index (χ1n) is 7.71. The van der Waals surface area contributed by atoms with E-state index >= 15 is 0 Å². The minimum Gasteiger partial charge on any atom is -0.490 e. The van der Waals surface area contributed by atoms with Crippen molar-refractivity contribution in [2.45, 2.75) is 25.6 Å². The van der Waals surface area contributed by atoms with Crippen LogP contribution in [0.4, 0.5) is 13.2 Å². The SMILES string of the molecule is CCOc1ccccc1OC(CCN)c1ccc(C(F)(F)F)cc1. The predicted octanol–water partition coefficient (Wildman–Crippen LogP) is 4.57. The molecule has 2 N–H and O–H groups in total. The van der Waals surface area contributed by atoms with Crippen LogP contribution in [-0.2, 0) is 6.18 Å². The first-order chi connectivity index (χ1) is 11.5. The predicted molar refractivity (Wildman–Crippen MR) is 86.1 cm³/mol. The summed E-state index contributed by atoms with van der Waals surface area (Å²) in [6, 6.07) is 12.1. The number of rotatable bonds is 7. The second-order valence-electron chi connectivity index (χ2n) is 5.18. The largest absolute Gasteiger partial charge is 0.490 e. The van der Waals surface area contributed by atoms with Crippen molar-refractivity contribution in [3.8, 4) is 11.5 Å². The Bertz CT molecular complexity index is 641. The summed E-state index contributed by atoms with van der Waals surface area (Å²) in [5, 5.41) is 0. The van der Waals surface area contributed by atoms with Crippen LogP contribution < -0.4 is 15.2 Å². The molecular weight excluding hydrogens is 319 g/mol. The number of benzene rings is 2. The molecule has 0 saturated heterocycles. The minimum absolute atomic E-state index is 0.350. The summed E-state index contributed by atoms with van der Waals surface area (Å²) in [4.78, 5) is 0. The van der Waals surface area contributed by atoms with Gasteiger partial charge < -0.3 is 15.2 Å². The molecule has 0 amide bonds. The Hall–Kier alpha value is -2.21. The maximum Gasteiger partial charge on any atom is 0.416 e. The number of para-hydroxylation sites is 2. The second-order valence-corrected chi connectivity index (χ2v) is 5.18. The van der Waals surface area contributed by atoms with Crippen molar-refractivity contribution in [3.05, 3.63) is 59.7 Å². The Kier molecular flexibility index (Phi) is 6.09. The van der Waals surface area contributed by atoms with Gasteiger partial charge in [0, 0.05) is 6.42 Å². The van der Waals surface area contributed by atoms with Gasteiger partial charge in [-0.15, -0.1) is 0 Å². The van der Waals surface area contributed by atoms with Crippen LogP contribution in [-0.4, -0.2) is 13.2 Å². The first kappa shape index (κ1) is 18.1. The zero-order valence-electron chi connectivity index (χ0n) is 13.3. The molecule has 2 rings (SSSR count). The van der Waals surface area contributed by atoms with Gasteiger partial charge in [-0.05, 0) is 43.3 Å². The summed E-state index contributed by atoms with van der Waals surface area (Å²) in [5.74, 6) is 1.13. The number of alkyl halides is 3. The maximum atomic E-state index is 12.7. The molecule has 2 aromatic rings. The van der Waals surface area contributed by atoms with E-state index in [1.807, 2.05) is 19.1 Å².